The lowest BCUT2D eigenvalue weighted by Gasteiger charge is -2.44. The summed E-state index contributed by atoms with van der Waals surface area (Å²) in [5, 5.41) is 4.22. The van der Waals surface area contributed by atoms with E-state index < -0.39 is 0 Å². The van der Waals surface area contributed by atoms with E-state index in [0.29, 0.717) is 6.54 Å². The van der Waals surface area contributed by atoms with Gasteiger partial charge in [0.2, 0.25) is 5.91 Å². The third-order valence-corrected chi connectivity index (χ3v) is 7.34. The number of amides is 1. The first-order valence-electron chi connectivity index (χ1n) is 12.0. The maximum Gasteiger partial charge on any atom is 0.239 e. The van der Waals surface area contributed by atoms with E-state index >= 15 is 0 Å². The number of nitrogens with zero attached hydrogens (tertiary/aromatic N) is 2. The monoisotopic (exact) mass is 433 g/mol. The molecule has 1 aromatic heterocycles. The largest absolute Gasteiger partial charge is 0.353 e. The maximum absolute atomic E-state index is 13.4. The minimum absolute atomic E-state index is 0.0358. The SMILES string of the molecule is O=C(Cn1ccc2cccc(-c3ccc(F)cc3)c21)NCCN1CCC[C@H]2CCCC[C@@H]21. The van der Waals surface area contributed by atoms with Crippen LogP contribution in [-0.4, -0.2) is 41.1 Å². The van der Waals surface area contributed by atoms with E-state index in [0.717, 1.165) is 40.5 Å². The molecule has 2 heterocycles. The summed E-state index contributed by atoms with van der Waals surface area (Å²) in [5.74, 6) is 0.655. The van der Waals surface area contributed by atoms with Crippen molar-refractivity contribution in [3.05, 3.63) is 60.5 Å². The van der Waals surface area contributed by atoms with E-state index in [1.54, 1.807) is 12.1 Å². The van der Waals surface area contributed by atoms with Gasteiger partial charge in [-0.2, -0.15) is 0 Å². The number of carbonyl (C=O) groups excluding carboxylic acids is 1. The number of nitrogens with one attached hydrogen (secondary N) is 1. The van der Waals surface area contributed by atoms with Crippen LogP contribution in [0.5, 0.6) is 0 Å². The summed E-state index contributed by atoms with van der Waals surface area (Å²) in [6, 6.07) is 15.4. The van der Waals surface area contributed by atoms with Crippen molar-refractivity contribution in [1.82, 2.24) is 14.8 Å². The smallest absolute Gasteiger partial charge is 0.239 e. The molecule has 3 aromatic rings. The summed E-state index contributed by atoms with van der Waals surface area (Å²) in [6.07, 6.45) is 10.1. The van der Waals surface area contributed by atoms with Crippen LogP contribution in [-0.2, 0) is 11.3 Å². The number of fused-ring (bicyclic) bond motifs is 2. The minimum Gasteiger partial charge on any atom is -0.353 e. The van der Waals surface area contributed by atoms with E-state index in [2.05, 4.69) is 10.2 Å². The topological polar surface area (TPSA) is 37.3 Å². The van der Waals surface area contributed by atoms with Crippen molar-refractivity contribution in [2.45, 2.75) is 51.1 Å². The fourth-order valence-electron chi connectivity index (χ4n) is 5.81. The fraction of sp³-hybridized carbons (Fsp3) is 0.444. The molecule has 1 aliphatic carbocycles. The molecule has 5 rings (SSSR count). The van der Waals surface area contributed by atoms with Gasteiger partial charge in [0.1, 0.15) is 12.4 Å². The quantitative estimate of drug-likeness (QED) is 0.579. The molecule has 1 saturated heterocycles. The molecular weight excluding hydrogens is 401 g/mol. The lowest BCUT2D eigenvalue weighted by atomic mass is 9.78. The number of halogens is 1. The molecule has 0 unspecified atom stereocenters. The summed E-state index contributed by atoms with van der Waals surface area (Å²) >= 11 is 0. The van der Waals surface area contributed by atoms with Gasteiger partial charge in [-0.1, -0.05) is 43.2 Å². The van der Waals surface area contributed by atoms with Crippen molar-refractivity contribution in [3.63, 3.8) is 0 Å². The Kier molecular flexibility index (Phi) is 6.26. The average molecular weight is 434 g/mol. The van der Waals surface area contributed by atoms with Crippen LogP contribution in [0.3, 0.4) is 0 Å². The number of para-hydroxylation sites is 1. The second-order valence-corrected chi connectivity index (χ2v) is 9.33. The highest BCUT2D eigenvalue weighted by atomic mass is 19.1. The Labute approximate surface area is 189 Å². The molecule has 4 nitrogen and oxygen atoms in total. The number of rotatable bonds is 6. The third-order valence-electron chi connectivity index (χ3n) is 7.34. The predicted octanol–water partition coefficient (Wildman–Crippen LogP) is 5.22. The van der Waals surface area contributed by atoms with E-state index in [4.69, 9.17) is 0 Å². The Bertz CT molecular complexity index is 1070. The Morgan fingerprint density at radius 2 is 1.81 bits per heavy atom. The summed E-state index contributed by atoms with van der Waals surface area (Å²) in [6.45, 7) is 3.10. The van der Waals surface area contributed by atoms with Gasteiger partial charge in [-0.25, -0.2) is 4.39 Å². The summed E-state index contributed by atoms with van der Waals surface area (Å²) in [7, 11) is 0. The zero-order chi connectivity index (χ0) is 21.9. The van der Waals surface area contributed by atoms with Crippen molar-refractivity contribution in [2.75, 3.05) is 19.6 Å². The molecule has 2 fully saturated rings. The molecule has 2 aromatic carbocycles. The van der Waals surface area contributed by atoms with Crippen molar-refractivity contribution in [1.29, 1.82) is 0 Å². The first-order valence-corrected chi connectivity index (χ1v) is 12.0. The molecule has 2 atom stereocenters. The molecule has 0 spiro atoms. The first-order chi connectivity index (χ1) is 15.7. The normalized spacial score (nSPS) is 21.4. The lowest BCUT2D eigenvalue weighted by molar-refractivity contribution is -0.121. The molecule has 1 N–H and O–H groups in total. The lowest BCUT2D eigenvalue weighted by Crippen LogP contribution is -2.49. The highest BCUT2D eigenvalue weighted by molar-refractivity contribution is 5.95. The number of benzene rings is 2. The highest BCUT2D eigenvalue weighted by Gasteiger charge is 2.32. The molecule has 1 amide bonds. The minimum atomic E-state index is -0.246. The second-order valence-electron chi connectivity index (χ2n) is 9.33. The molecule has 32 heavy (non-hydrogen) atoms. The van der Waals surface area contributed by atoms with Gasteiger partial charge in [0.05, 0.1) is 5.52 Å². The van der Waals surface area contributed by atoms with Crippen LogP contribution >= 0.6 is 0 Å². The van der Waals surface area contributed by atoms with Crippen molar-refractivity contribution < 1.29 is 9.18 Å². The van der Waals surface area contributed by atoms with Gasteiger partial charge in [0.15, 0.2) is 0 Å². The maximum atomic E-state index is 13.4. The van der Waals surface area contributed by atoms with E-state index in [9.17, 15) is 9.18 Å². The molecule has 5 heteroatoms. The van der Waals surface area contributed by atoms with Gasteiger partial charge in [-0.05, 0) is 61.9 Å². The van der Waals surface area contributed by atoms with Gasteiger partial charge in [-0.3, -0.25) is 9.69 Å². The summed E-state index contributed by atoms with van der Waals surface area (Å²) < 4.78 is 15.4. The average Bonchev–Trinajstić information content (AvgIpc) is 3.23. The van der Waals surface area contributed by atoms with Crippen molar-refractivity contribution >= 4 is 16.8 Å². The standard InChI is InChI=1S/C27H32FN3O/c28-23-12-10-20(11-13-23)24-8-3-6-22-14-17-31(27(22)24)19-26(32)29-15-18-30-16-4-7-21-5-1-2-9-25(21)30/h3,6,8,10-14,17,21,25H,1-2,4-5,7,9,15-16,18-19H2,(H,29,32)/t21-,25+/m1/s1. The van der Waals surface area contributed by atoms with Gasteiger partial charge in [0.25, 0.3) is 0 Å². The third kappa shape index (κ3) is 4.44. The number of aromatic nitrogens is 1. The number of hydrogen-bond acceptors (Lipinski definition) is 2. The van der Waals surface area contributed by atoms with Crippen LogP contribution in [0.25, 0.3) is 22.0 Å². The second kappa shape index (κ2) is 9.45. The molecule has 0 bridgehead atoms. The molecule has 168 valence electrons. The number of piperidine rings is 1. The van der Waals surface area contributed by atoms with E-state index in [-0.39, 0.29) is 18.3 Å². The van der Waals surface area contributed by atoms with Crippen LogP contribution in [0.15, 0.2) is 54.7 Å². The van der Waals surface area contributed by atoms with Crippen LogP contribution in [0, 0.1) is 11.7 Å². The first kappa shape index (κ1) is 21.2. The zero-order valence-corrected chi connectivity index (χ0v) is 18.6. The van der Waals surface area contributed by atoms with Crippen molar-refractivity contribution in [3.8, 4) is 11.1 Å². The fourth-order valence-corrected chi connectivity index (χ4v) is 5.81. The number of hydrogen-bond donors (Lipinski definition) is 1. The molecule has 1 aliphatic heterocycles. The van der Waals surface area contributed by atoms with Gasteiger partial charge in [0, 0.05) is 36.3 Å². The van der Waals surface area contributed by atoms with Crippen LogP contribution < -0.4 is 5.32 Å². The zero-order valence-electron chi connectivity index (χ0n) is 18.6. The Hall–Kier alpha value is -2.66. The number of carbonyl (C=O) groups is 1. The van der Waals surface area contributed by atoms with Crippen LogP contribution in [0.2, 0.25) is 0 Å². The van der Waals surface area contributed by atoms with E-state index in [1.165, 1.54) is 57.2 Å². The van der Waals surface area contributed by atoms with Crippen molar-refractivity contribution in [2.24, 2.45) is 5.92 Å². The Morgan fingerprint density at radius 3 is 2.69 bits per heavy atom. The molecule has 2 aliphatic rings. The van der Waals surface area contributed by atoms with E-state index in [1.807, 2.05) is 35.0 Å². The molecular formula is C27H32FN3O. The summed E-state index contributed by atoms with van der Waals surface area (Å²) in [4.78, 5) is 15.4. The summed E-state index contributed by atoms with van der Waals surface area (Å²) in [5.41, 5.74) is 2.97. The molecule has 0 radical (unpaired) electrons. The Balaban J connectivity index is 1.24. The Morgan fingerprint density at radius 1 is 1.00 bits per heavy atom. The van der Waals surface area contributed by atoms with Gasteiger partial charge in [-0.15, -0.1) is 0 Å². The van der Waals surface area contributed by atoms with Gasteiger partial charge < -0.3 is 9.88 Å². The molecule has 1 saturated carbocycles. The highest BCUT2D eigenvalue weighted by Crippen LogP contribution is 2.35. The predicted molar refractivity (Wildman–Crippen MR) is 127 cm³/mol. The van der Waals surface area contributed by atoms with Crippen LogP contribution in [0.4, 0.5) is 4.39 Å². The number of likely N-dealkylation sites (tertiary alicyclic amines) is 1. The van der Waals surface area contributed by atoms with Crippen LogP contribution in [0.1, 0.15) is 38.5 Å². The van der Waals surface area contributed by atoms with Gasteiger partial charge >= 0.3 is 0 Å².